The third-order valence-corrected chi connectivity index (χ3v) is 2.30. The van der Waals surface area contributed by atoms with Gasteiger partial charge in [0.1, 0.15) is 6.04 Å². The van der Waals surface area contributed by atoms with Crippen LogP contribution in [0.15, 0.2) is 0 Å². The monoisotopic (exact) mass is 296 g/mol. The van der Waals surface area contributed by atoms with Crippen molar-refractivity contribution in [1.82, 2.24) is 20.3 Å². The molecule has 1 amide bonds. The molecular weight excluding hydrogens is 272 g/mol. The lowest BCUT2D eigenvalue weighted by Gasteiger charge is -2.23. The van der Waals surface area contributed by atoms with E-state index in [9.17, 15) is 4.79 Å². The zero-order valence-electron chi connectivity index (χ0n) is 13.2. The lowest BCUT2D eigenvalue weighted by Crippen LogP contribution is -2.47. The van der Waals surface area contributed by atoms with Gasteiger partial charge in [0.05, 0.1) is 6.61 Å². The second-order valence-corrected chi connectivity index (χ2v) is 5.75. The maximum Gasteiger partial charge on any atom is 0.323 e. The average molecular weight is 296 g/mol. The molecule has 1 rings (SSSR count). The number of ether oxygens (including phenoxy) is 1. The highest BCUT2D eigenvalue weighted by Crippen LogP contribution is 2.10. The van der Waals surface area contributed by atoms with Crippen molar-refractivity contribution in [2.45, 2.75) is 52.6 Å². The normalized spacial score (nSPS) is 12.6. The lowest BCUT2D eigenvalue weighted by atomic mass is 10.1. The minimum atomic E-state index is -0.509. The highest BCUT2D eigenvalue weighted by molar-refractivity contribution is 5.84. The van der Waals surface area contributed by atoms with Gasteiger partial charge in [-0.25, -0.2) is 0 Å². The Labute approximate surface area is 124 Å². The van der Waals surface area contributed by atoms with Crippen LogP contribution in [-0.2, 0) is 4.79 Å². The van der Waals surface area contributed by atoms with Crippen molar-refractivity contribution in [3.63, 3.8) is 0 Å². The number of aromatic nitrogens is 3. The number of hydrogen-bond donors (Lipinski definition) is 3. The summed E-state index contributed by atoms with van der Waals surface area (Å²) >= 11 is 0. The van der Waals surface area contributed by atoms with Gasteiger partial charge in [-0.15, -0.1) is 0 Å². The van der Waals surface area contributed by atoms with Crippen LogP contribution in [0.3, 0.4) is 0 Å². The van der Waals surface area contributed by atoms with Crippen LogP contribution in [0.2, 0.25) is 0 Å². The molecule has 0 bridgehead atoms. The van der Waals surface area contributed by atoms with Gasteiger partial charge in [-0.2, -0.15) is 15.0 Å². The maximum absolute atomic E-state index is 12.0. The van der Waals surface area contributed by atoms with E-state index in [4.69, 9.17) is 10.5 Å². The van der Waals surface area contributed by atoms with Crippen LogP contribution in [0.4, 0.5) is 11.9 Å². The average Bonchev–Trinajstić information content (AvgIpc) is 2.33. The SMILES string of the molecule is CCCOc1nc(N)nc(NC(C)C(=O)NC(C)(C)C)n1. The minimum Gasteiger partial charge on any atom is -0.463 e. The molecule has 1 unspecified atom stereocenters. The van der Waals surface area contributed by atoms with Gasteiger partial charge < -0.3 is 21.1 Å². The number of rotatable bonds is 6. The third kappa shape index (κ3) is 6.24. The van der Waals surface area contributed by atoms with Gasteiger partial charge in [-0.1, -0.05) is 6.92 Å². The number of nitrogens with zero attached hydrogens (tertiary/aromatic N) is 3. The van der Waals surface area contributed by atoms with Crippen molar-refractivity contribution in [1.29, 1.82) is 0 Å². The van der Waals surface area contributed by atoms with E-state index in [1.54, 1.807) is 6.92 Å². The van der Waals surface area contributed by atoms with Crippen LogP contribution in [0, 0.1) is 0 Å². The summed E-state index contributed by atoms with van der Waals surface area (Å²) in [5.74, 6) is 0.102. The van der Waals surface area contributed by atoms with Crippen LogP contribution < -0.4 is 21.1 Å². The Morgan fingerprint density at radius 2 is 2.00 bits per heavy atom. The molecule has 0 aliphatic heterocycles. The topological polar surface area (TPSA) is 115 Å². The fourth-order valence-electron chi connectivity index (χ4n) is 1.43. The van der Waals surface area contributed by atoms with Crippen LogP contribution in [0.1, 0.15) is 41.0 Å². The number of amides is 1. The predicted octanol–water partition coefficient (Wildman–Crippen LogP) is 0.958. The fourth-order valence-corrected chi connectivity index (χ4v) is 1.43. The van der Waals surface area contributed by atoms with Crippen LogP contribution in [0.5, 0.6) is 6.01 Å². The second kappa shape index (κ2) is 7.05. The summed E-state index contributed by atoms with van der Waals surface area (Å²) in [6, 6.07) is -0.361. The Bertz CT molecular complexity index is 486. The third-order valence-electron chi connectivity index (χ3n) is 2.30. The molecule has 21 heavy (non-hydrogen) atoms. The molecule has 1 atom stereocenters. The number of nitrogens with two attached hydrogens (primary N) is 1. The molecule has 0 aliphatic rings. The fraction of sp³-hybridized carbons (Fsp3) is 0.692. The quantitative estimate of drug-likeness (QED) is 0.716. The predicted molar refractivity (Wildman–Crippen MR) is 81.0 cm³/mol. The summed E-state index contributed by atoms with van der Waals surface area (Å²) < 4.78 is 5.32. The van der Waals surface area contributed by atoms with Crippen molar-refractivity contribution in [3.05, 3.63) is 0 Å². The van der Waals surface area contributed by atoms with Crippen LogP contribution in [-0.4, -0.2) is 39.0 Å². The summed E-state index contributed by atoms with van der Waals surface area (Å²) in [5.41, 5.74) is 5.30. The van der Waals surface area contributed by atoms with Gasteiger partial charge in [0.25, 0.3) is 0 Å². The van der Waals surface area contributed by atoms with Gasteiger partial charge in [0.2, 0.25) is 17.8 Å². The van der Waals surface area contributed by atoms with E-state index in [0.717, 1.165) is 6.42 Å². The molecule has 0 spiro atoms. The molecule has 8 heteroatoms. The molecule has 0 saturated carbocycles. The summed E-state index contributed by atoms with van der Waals surface area (Å²) in [5, 5.41) is 5.76. The molecular formula is C13H24N6O2. The summed E-state index contributed by atoms with van der Waals surface area (Å²) in [7, 11) is 0. The Balaban J connectivity index is 2.73. The van der Waals surface area contributed by atoms with Crippen molar-refractivity contribution >= 4 is 17.8 Å². The van der Waals surface area contributed by atoms with Gasteiger partial charge in [-0.3, -0.25) is 4.79 Å². The van der Waals surface area contributed by atoms with Crippen molar-refractivity contribution in [2.75, 3.05) is 17.7 Å². The Morgan fingerprint density at radius 3 is 2.57 bits per heavy atom. The smallest absolute Gasteiger partial charge is 0.323 e. The molecule has 0 radical (unpaired) electrons. The zero-order chi connectivity index (χ0) is 16.0. The largest absolute Gasteiger partial charge is 0.463 e. The first kappa shape index (κ1) is 16.9. The molecule has 4 N–H and O–H groups in total. The van der Waals surface area contributed by atoms with Gasteiger partial charge in [0, 0.05) is 5.54 Å². The van der Waals surface area contributed by atoms with Gasteiger partial charge in [-0.05, 0) is 34.1 Å². The van der Waals surface area contributed by atoms with E-state index in [-0.39, 0.29) is 29.4 Å². The maximum atomic E-state index is 12.0. The first-order valence-corrected chi connectivity index (χ1v) is 6.94. The van der Waals surface area contributed by atoms with E-state index >= 15 is 0 Å². The lowest BCUT2D eigenvalue weighted by molar-refractivity contribution is -0.122. The molecule has 0 fully saturated rings. The number of nitrogen functional groups attached to an aromatic ring is 1. The molecule has 1 aromatic heterocycles. The van der Waals surface area contributed by atoms with Crippen molar-refractivity contribution in [3.8, 4) is 6.01 Å². The molecule has 0 aliphatic carbocycles. The van der Waals surface area contributed by atoms with Crippen LogP contribution >= 0.6 is 0 Å². The number of carbonyl (C=O) groups is 1. The summed E-state index contributed by atoms with van der Waals surface area (Å²) in [6.07, 6.45) is 0.832. The molecule has 118 valence electrons. The number of anilines is 2. The number of hydrogen-bond acceptors (Lipinski definition) is 7. The highest BCUT2D eigenvalue weighted by Gasteiger charge is 2.20. The van der Waals surface area contributed by atoms with E-state index in [2.05, 4.69) is 25.6 Å². The first-order chi connectivity index (χ1) is 9.71. The number of carbonyl (C=O) groups excluding carboxylic acids is 1. The summed E-state index contributed by atoms with van der Waals surface area (Å²) in [4.78, 5) is 23.9. The molecule has 8 nitrogen and oxygen atoms in total. The van der Waals surface area contributed by atoms with E-state index in [1.807, 2.05) is 27.7 Å². The zero-order valence-corrected chi connectivity index (χ0v) is 13.2. The highest BCUT2D eigenvalue weighted by atomic mass is 16.5. The van der Waals surface area contributed by atoms with E-state index in [1.165, 1.54) is 0 Å². The molecule has 0 aromatic carbocycles. The molecule has 1 heterocycles. The minimum absolute atomic E-state index is 0.0435. The van der Waals surface area contributed by atoms with Crippen molar-refractivity contribution in [2.24, 2.45) is 0 Å². The summed E-state index contributed by atoms with van der Waals surface area (Å²) in [6.45, 7) is 9.92. The molecule has 1 aromatic rings. The Kier molecular flexibility index (Phi) is 5.69. The van der Waals surface area contributed by atoms with Crippen LogP contribution in [0.25, 0.3) is 0 Å². The Hall–Kier alpha value is -2.12. The van der Waals surface area contributed by atoms with Gasteiger partial charge in [0.15, 0.2) is 0 Å². The van der Waals surface area contributed by atoms with E-state index < -0.39 is 6.04 Å². The number of nitrogens with one attached hydrogen (secondary N) is 2. The molecule has 0 saturated heterocycles. The van der Waals surface area contributed by atoms with E-state index in [0.29, 0.717) is 6.61 Å². The Morgan fingerprint density at radius 1 is 1.33 bits per heavy atom. The standard InChI is InChI=1S/C13H24N6O2/c1-6-7-21-12-17-10(14)16-11(18-12)15-8(2)9(20)19-13(3,4)5/h8H,6-7H2,1-5H3,(H,19,20)(H3,14,15,16,17,18). The first-order valence-electron chi connectivity index (χ1n) is 6.94. The van der Waals surface area contributed by atoms with Gasteiger partial charge >= 0.3 is 6.01 Å². The second-order valence-electron chi connectivity index (χ2n) is 5.75. The van der Waals surface area contributed by atoms with Crippen molar-refractivity contribution < 1.29 is 9.53 Å².